The van der Waals surface area contributed by atoms with Gasteiger partial charge < -0.3 is 14.4 Å². The Hall–Kier alpha value is -0.950. The topological polar surface area (TPSA) is 72.9 Å². The lowest BCUT2D eigenvalue weighted by Crippen LogP contribution is -2.63. The minimum absolute atomic E-state index is 0.199. The second-order valence-electron chi connectivity index (χ2n) is 4.88. The lowest BCUT2D eigenvalue weighted by Gasteiger charge is -2.40. The van der Waals surface area contributed by atoms with Crippen molar-refractivity contribution < 1.29 is 23.9 Å². The first-order chi connectivity index (χ1) is 8.75. The van der Waals surface area contributed by atoms with Gasteiger partial charge in [-0.25, -0.2) is 4.79 Å². The zero-order valence-electron chi connectivity index (χ0n) is 10.7. The van der Waals surface area contributed by atoms with Crippen LogP contribution in [0.15, 0.2) is 0 Å². The van der Waals surface area contributed by atoms with Crippen LogP contribution in [-0.4, -0.2) is 51.1 Å². The molecule has 1 amide bonds. The van der Waals surface area contributed by atoms with E-state index in [-0.39, 0.29) is 11.3 Å². The van der Waals surface area contributed by atoms with Gasteiger partial charge in [0, 0.05) is 11.7 Å². The van der Waals surface area contributed by atoms with E-state index in [4.69, 9.17) is 16.3 Å². The maximum atomic E-state index is 12.0. The first kappa shape index (κ1) is 14.5. The van der Waals surface area contributed by atoms with E-state index in [1.165, 1.54) is 23.6 Å². The molecular weight excluding hydrogens is 294 g/mol. The van der Waals surface area contributed by atoms with Crippen LogP contribution in [0.2, 0.25) is 0 Å². The Labute approximate surface area is 119 Å². The average molecular weight is 308 g/mol. The number of amides is 1. The van der Waals surface area contributed by atoms with Crippen molar-refractivity contribution in [3.63, 3.8) is 0 Å². The van der Waals surface area contributed by atoms with Crippen LogP contribution >= 0.6 is 23.4 Å². The van der Waals surface area contributed by atoms with Gasteiger partial charge in [0.25, 0.3) is 0 Å². The molecule has 2 aliphatic rings. The number of alkyl halides is 1. The average Bonchev–Trinajstić information content (AvgIpc) is 2.57. The summed E-state index contributed by atoms with van der Waals surface area (Å²) >= 11 is 7.38. The van der Waals surface area contributed by atoms with Crippen LogP contribution in [0.4, 0.5) is 0 Å². The first-order valence-corrected chi connectivity index (χ1v) is 7.01. The third kappa shape index (κ3) is 2.41. The van der Waals surface area contributed by atoms with Crippen LogP contribution in [0.3, 0.4) is 0 Å². The predicted molar refractivity (Wildman–Crippen MR) is 68.5 cm³/mol. The predicted octanol–water partition coefficient (Wildman–Crippen LogP) is 0.720. The van der Waals surface area contributed by atoms with Gasteiger partial charge in [-0.2, -0.15) is 0 Å². The Morgan fingerprint density at radius 1 is 1.42 bits per heavy atom. The molecule has 106 valence electrons. The minimum atomic E-state index is -0.708. The summed E-state index contributed by atoms with van der Waals surface area (Å²) < 4.78 is 8.94. The Balaban J connectivity index is 2.03. The number of esters is 2. The smallest absolute Gasteiger partial charge is 0.333 e. The van der Waals surface area contributed by atoms with E-state index in [9.17, 15) is 14.4 Å². The summed E-state index contributed by atoms with van der Waals surface area (Å²) in [5.74, 6) is -1.39. The van der Waals surface area contributed by atoms with Crippen molar-refractivity contribution in [1.29, 1.82) is 0 Å². The molecule has 0 spiro atoms. The maximum absolute atomic E-state index is 12.0. The van der Waals surface area contributed by atoms with Gasteiger partial charge >= 0.3 is 11.9 Å². The van der Waals surface area contributed by atoms with Crippen molar-refractivity contribution in [3.8, 4) is 0 Å². The second-order valence-corrected chi connectivity index (χ2v) is 7.12. The summed E-state index contributed by atoms with van der Waals surface area (Å²) in [5.41, 5.74) is 0. The third-order valence-corrected chi connectivity index (χ3v) is 5.21. The summed E-state index contributed by atoms with van der Waals surface area (Å²) in [6.45, 7) is 4.48. The summed E-state index contributed by atoms with van der Waals surface area (Å²) in [6, 6.07) is -0.708. The van der Waals surface area contributed by atoms with E-state index >= 15 is 0 Å². The molecule has 0 N–H and O–H groups in total. The molecule has 0 radical (unpaired) electrons. The van der Waals surface area contributed by atoms with Crippen molar-refractivity contribution >= 4 is 41.2 Å². The van der Waals surface area contributed by atoms with E-state index in [1.807, 2.05) is 13.8 Å². The molecule has 0 aromatic heterocycles. The molecule has 2 fully saturated rings. The number of rotatable bonds is 3. The SMILES string of the molecule is CC(=O)OCOC(=O)[C@@H]1N2C(=O)[C@@H](Cl)[C@H]2SC1(C)C. The summed E-state index contributed by atoms with van der Waals surface area (Å²) in [7, 11) is 0. The van der Waals surface area contributed by atoms with Gasteiger partial charge in [0.15, 0.2) is 0 Å². The van der Waals surface area contributed by atoms with Crippen molar-refractivity contribution in [2.75, 3.05) is 6.79 Å². The number of hydrogen-bond acceptors (Lipinski definition) is 6. The van der Waals surface area contributed by atoms with E-state index in [1.54, 1.807) is 0 Å². The Bertz CT molecular complexity index is 441. The first-order valence-electron chi connectivity index (χ1n) is 5.70. The molecule has 0 unspecified atom stereocenters. The quantitative estimate of drug-likeness (QED) is 0.331. The highest BCUT2D eigenvalue weighted by Gasteiger charge is 2.63. The fraction of sp³-hybridized carbons (Fsp3) is 0.727. The van der Waals surface area contributed by atoms with Crippen molar-refractivity contribution in [2.24, 2.45) is 0 Å². The Kier molecular flexibility index (Phi) is 3.70. The second kappa shape index (κ2) is 4.86. The van der Waals surface area contributed by atoms with Gasteiger partial charge in [0.05, 0.1) is 0 Å². The highest BCUT2D eigenvalue weighted by atomic mass is 35.5. The van der Waals surface area contributed by atoms with Crippen LogP contribution in [0.25, 0.3) is 0 Å². The van der Waals surface area contributed by atoms with Crippen molar-refractivity contribution in [2.45, 2.75) is 42.3 Å². The number of thioether (sulfide) groups is 1. The molecule has 2 aliphatic heterocycles. The lowest BCUT2D eigenvalue weighted by molar-refractivity contribution is -0.174. The minimum Gasteiger partial charge on any atom is -0.428 e. The molecule has 2 rings (SSSR count). The van der Waals surface area contributed by atoms with Crippen LogP contribution in [-0.2, 0) is 23.9 Å². The molecular formula is C11H14ClNO5S. The highest BCUT2D eigenvalue weighted by molar-refractivity contribution is 8.01. The van der Waals surface area contributed by atoms with Gasteiger partial charge in [0.1, 0.15) is 16.8 Å². The highest BCUT2D eigenvalue weighted by Crippen LogP contribution is 2.52. The van der Waals surface area contributed by atoms with Gasteiger partial charge in [-0.3, -0.25) is 9.59 Å². The zero-order chi connectivity index (χ0) is 14.4. The molecule has 0 aromatic rings. The van der Waals surface area contributed by atoms with Crippen LogP contribution < -0.4 is 0 Å². The summed E-state index contributed by atoms with van der Waals surface area (Å²) in [5, 5.41) is -0.786. The largest absolute Gasteiger partial charge is 0.428 e. The van der Waals surface area contributed by atoms with Gasteiger partial charge in [-0.1, -0.05) is 0 Å². The maximum Gasteiger partial charge on any atom is 0.333 e. The molecule has 3 atom stereocenters. The zero-order valence-corrected chi connectivity index (χ0v) is 12.3. The lowest BCUT2D eigenvalue weighted by atomic mass is 9.98. The molecule has 19 heavy (non-hydrogen) atoms. The van der Waals surface area contributed by atoms with Gasteiger partial charge in [-0.05, 0) is 13.8 Å². The van der Waals surface area contributed by atoms with Crippen molar-refractivity contribution in [3.05, 3.63) is 0 Å². The van der Waals surface area contributed by atoms with E-state index < -0.39 is 34.9 Å². The number of carbonyl (C=O) groups excluding carboxylic acids is 3. The molecule has 0 aromatic carbocycles. The number of fused-ring (bicyclic) bond motifs is 1. The third-order valence-electron chi connectivity index (χ3n) is 3.06. The number of carbonyl (C=O) groups is 3. The molecule has 0 bridgehead atoms. The molecule has 2 saturated heterocycles. The number of halogens is 1. The van der Waals surface area contributed by atoms with Crippen LogP contribution in [0.5, 0.6) is 0 Å². The van der Waals surface area contributed by atoms with E-state index in [2.05, 4.69) is 4.74 Å². The van der Waals surface area contributed by atoms with E-state index in [0.29, 0.717) is 0 Å². The number of nitrogens with zero attached hydrogens (tertiary/aromatic N) is 1. The Morgan fingerprint density at radius 3 is 2.63 bits per heavy atom. The summed E-state index contributed by atoms with van der Waals surface area (Å²) in [6.07, 6.45) is 0. The van der Waals surface area contributed by atoms with Gasteiger partial charge in [-0.15, -0.1) is 23.4 Å². The van der Waals surface area contributed by atoms with Crippen LogP contribution in [0.1, 0.15) is 20.8 Å². The summed E-state index contributed by atoms with van der Waals surface area (Å²) in [4.78, 5) is 35.8. The van der Waals surface area contributed by atoms with Crippen LogP contribution in [0, 0.1) is 0 Å². The molecule has 2 heterocycles. The standard InChI is InChI=1S/C11H14ClNO5S/c1-5(14)17-4-18-10(16)7-11(2,3)19-9-6(12)8(15)13(7)9/h6-7,9H,4H2,1-3H3/t6-,7+,9-/m1/s1. The van der Waals surface area contributed by atoms with E-state index in [0.717, 1.165) is 0 Å². The molecule has 0 saturated carbocycles. The molecule has 6 nitrogen and oxygen atoms in total. The fourth-order valence-corrected chi connectivity index (χ4v) is 4.12. The normalized spacial score (nSPS) is 31.5. The molecule has 0 aliphatic carbocycles. The molecule has 8 heteroatoms. The Morgan fingerprint density at radius 2 is 2.05 bits per heavy atom. The fourth-order valence-electron chi connectivity index (χ4n) is 2.20. The number of β-lactam (4-membered cyclic amide) rings is 1. The monoisotopic (exact) mass is 307 g/mol. The van der Waals surface area contributed by atoms with Gasteiger partial charge in [0.2, 0.25) is 12.7 Å². The number of ether oxygens (including phenoxy) is 2. The van der Waals surface area contributed by atoms with Crippen molar-refractivity contribution in [1.82, 2.24) is 4.90 Å². The number of hydrogen-bond donors (Lipinski definition) is 0.